The van der Waals surface area contributed by atoms with Gasteiger partial charge in [-0.05, 0) is 31.2 Å². The summed E-state index contributed by atoms with van der Waals surface area (Å²) in [5.74, 6) is 1.28. The molecule has 1 saturated heterocycles. The van der Waals surface area contributed by atoms with E-state index in [2.05, 4.69) is 22.5 Å². The minimum atomic E-state index is 0.00561. The average molecular weight is 345 g/mol. The fourth-order valence-corrected chi connectivity index (χ4v) is 2.92. The lowest BCUT2D eigenvalue weighted by atomic mass is 10.0. The number of carbonyl (C=O) groups excluding carboxylic acids is 1. The summed E-state index contributed by atoms with van der Waals surface area (Å²) in [7, 11) is 0. The first kappa shape index (κ1) is 17.2. The fourth-order valence-electron chi connectivity index (χ4n) is 2.47. The second kappa shape index (κ2) is 8.44. The van der Waals surface area contributed by atoms with E-state index < -0.39 is 0 Å². The predicted octanol–water partition coefficient (Wildman–Crippen LogP) is 3.63. The van der Waals surface area contributed by atoms with Crippen LogP contribution in [0, 0.1) is 5.92 Å². The summed E-state index contributed by atoms with van der Waals surface area (Å²) in [6, 6.07) is 1.64. The van der Waals surface area contributed by atoms with E-state index in [0.29, 0.717) is 34.9 Å². The van der Waals surface area contributed by atoms with Crippen LogP contribution >= 0.6 is 23.2 Å². The molecule has 2 amide bonds. The first-order valence-electron chi connectivity index (χ1n) is 7.64. The van der Waals surface area contributed by atoms with Gasteiger partial charge < -0.3 is 15.5 Å². The number of hydrogen-bond acceptors (Lipinski definition) is 3. The van der Waals surface area contributed by atoms with E-state index in [1.54, 1.807) is 6.07 Å². The van der Waals surface area contributed by atoms with E-state index in [9.17, 15) is 4.79 Å². The van der Waals surface area contributed by atoms with Gasteiger partial charge in [0.25, 0.3) is 0 Å². The molecule has 1 atom stereocenters. The van der Waals surface area contributed by atoms with Crippen molar-refractivity contribution in [1.29, 1.82) is 0 Å². The summed E-state index contributed by atoms with van der Waals surface area (Å²) in [6.45, 7) is 5.00. The van der Waals surface area contributed by atoms with Gasteiger partial charge in [-0.1, -0.05) is 30.1 Å². The standard InChI is InChI=1S/C15H22Cl2N4O/c1-11-3-2-7-21(8-4-11)15(22)19-6-5-18-14-13(17)9-12(16)10-20-14/h9-11H,2-8H2,1H3,(H,18,20)(H,19,22)/t11-/m1/s1. The molecule has 7 heteroatoms. The molecular formula is C15H22Cl2N4O. The molecule has 1 aliphatic heterocycles. The SMILES string of the molecule is C[C@@H]1CCCN(C(=O)NCCNc2ncc(Cl)cc2Cl)CC1. The Morgan fingerprint density at radius 2 is 2.18 bits per heavy atom. The highest BCUT2D eigenvalue weighted by Crippen LogP contribution is 2.22. The molecule has 1 aromatic heterocycles. The summed E-state index contributed by atoms with van der Waals surface area (Å²) < 4.78 is 0. The summed E-state index contributed by atoms with van der Waals surface area (Å²) in [6.07, 6.45) is 4.89. The Bertz CT molecular complexity index is 512. The van der Waals surface area contributed by atoms with Crippen LogP contribution in [0.5, 0.6) is 0 Å². The van der Waals surface area contributed by atoms with Gasteiger partial charge in [-0.2, -0.15) is 0 Å². The minimum absolute atomic E-state index is 0.00561. The van der Waals surface area contributed by atoms with Gasteiger partial charge in [0.15, 0.2) is 0 Å². The third-order valence-corrected chi connectivity index (χ3v) is 4.30. The highest BCUT2D eigenvalue weighted by Gasteiger charge is 2.17. The molecule has 0 unspecified atom stereocenters. The quantitative estimate of drug-likeness (QED) is 0.820. The highest BCUT2D eigenvalue weighted by molar-refractivity contribution is 6.35. The van der Waals surface area contributed by atoms with Gasteiger partial charge in [-0.3, -0.25) is 0 Å². The maximum atomic E-state index is 12.1. The van der Waals surface area contributed by atoms with Crippen molar-refractivity contribution in [1.82, 2.24) is 15.2 Å². The number of aromatic nitrogens is 1. The van der Waals surface area contributed by atoms with Crippen LogP contribution in [0.4, 0.5) is 10.6 Å². The molecule has 0 spiro atoms. The van der Waals surface area contributed by atoms with Crippen molar-refractivity contribution in [3.05, 3.63) is 22.3 Å². The molecule has 0 radical (unpaired) electrons. The van der Waals surface area contributed by atoms with E-state index in [4.69, 9.17) is 23.2 Å². The Morgan fingerprint density at radius 3 is 2.95 bits per heavy atom. The number of likely N-dealkylation sites (tertiary alicyclic amines) is 1. The number of halogens is 2. The molecular weight excluding hydrogens is 323 g/mol. The van der Waals surface area contributed by atoms with Crippen molar-refractivity contribution in [2.75, 3.05) is 31.5 Å². The fraction of sp³-hybridized carbons (Fsp3) is 0.600. The van der Waals surface area contributed by atoms with Crippen LogP contribution in [-0.2, 0) is 0 Å². The molecule has 2 N–H and O–H groups in total. The maximum Gasteiger partial charge on any atom is 0.317 e. The molecule has 0 aromatic carbocycles. The number of carbonyl (C=O) groups is 1. The van der Waals surface area contributed by atoms with Gasteiger partial charge in [0.2, 0.25) is 0 Å². The Balaban J connectivity index is 1.70. The van der Waals surface area contributed by atoms with Crippen LogP contribution < -0.4 is 10.6 Å². The van der Waals surface area contributed by atoms with Gasteiger partial charge >= 0.3 is 6.03 Å². The molecule has 2 rings (SSSR count). The zero-order valence-electron chi connectivity index (χ0n) is 12.7. The molecule has 122 valence electrons. The zero-order chi connectivity index (χ0) is 15.9. The van der Waals surface area contributed by atoms with Crippen LogP contribution in [0.2, 0.25) is 10.0 Å². The molecule has 22 heavy (non-hydrogen) atoms. The van der Waals surface area contributed by atoms with Crippen LogP contribution in [0.3, 0.4) is 0 Å². The van der Waals surface area contributed by atoms with Gasteiger partial charge in [-0.25, -0.2) is 9.78 Å². The summed E-state index contributed by atoms with van der Waals surface area (Å²) in [4.78, 5) is 18.1. The molecule has 1 aromatic rings. The van der Waals surface area contributed by atoms with Crippen LogP contribution in [0.25, 0.3) is 0 Å². The Labute approximate surface area is 141 Å². The van der Waals surface area contributed by atoms with Crippen molar-refractivity contribution in [3.63, 3.8) is 0 Å². The van der Waals surface area contributed by atoms with E-state index in [1.165, 1.54) is 12.6 Å². The summed E-state index contributed by atoms with van der Waals surface area (Å²) in [5.41, 5.74) is 0. The van der Waals surface area contributed by atoms with E-state index in [-0.39, 0.29) is 6.03 Å². The number of nitrogens with one attached hydrogen (secondary N) is 2. The summed E-state index contributed by atoms with van der Waals surface area (Å²) >= 11 is 11.8. The Morgan fingerprint density at radius 1 is 1.36 bits per heavy atom. The van der Waals surface area contributed by atoms with Crippen molar-refractivity contribution < 1.29 is 4.79 Å². The number of rotatable bonds is 4. The van der Waals surface area contributed by atoms with Crippen molar-refractivity contribution in [3.8, 4) is 0 Å². The number of urea groups is 1. The zero-order valence-corrected chi connectivity index (χ0v) is 14.3. The smallest absolute Gasteiger partial charge is 0.317 e. The molecule has 0 bridgehead atoms. The average Bonchev–Trinajstić information content (AvgIpc) is 2.70. The van der Waals surface area contributed by atoms with Gasteiger partial charge in [0.1, 0.15) is 5.82 Å². The van der Waals surface area contributed by atoms with Gasteiger partial charge in [-0.15, -0.1) is 0 Å². The predicted molar refractivity (Wildman–Crippen MR) is 90.7 cm³/mol. The van der Waals surface area contributed by atoms with E-state index in [0.717, 1.165) is 25.9 Å². The normalized spacial score (nSPS) is 18.7. The Kier molecular flexibility index (Phi) is 6.58. The second-order valence-corrected chi connectivity index (χ2v) is 6.51. The molecule has 1 aliphatic rings. The monoisotopic (exact) mass is 344 g/mol. The first-order valence-corrected chi connectivity index (χ1v) is 8.39. The minimum Gasteiger partial charge on any atom is -0.367 e. The topological polar surface area (TPSA) is 57.3 Å². The largest absolute Gasteiger partial charge is 0.367 e. The lowest BCUT2D eigenvalue weighted by molar-refractivity contribution is 0.200. The van der Waals surface area contributed by atoms with Crippen LogP contribution in [-0.4, -0.2) is 42.1 Å². The van der Waals surface area contributed by atoms with Crippen LogP contribution in [0.15, 0.2) is 12.3 Å². The second-order valence-electron chi connectivity index (χ2n) is 5.67. The third kappa shape index (κ3) is 5.21. The van der Waals surface area contributed by atoms with Gasteiger partial charge in [0.05, 0.1) is 10.0 Å². The van der Waals surface area contributed by atoms with E-state index in [1.807, 2.05) is 4.90 Å². The lowest BCUT2D eigenvalue weighted by Crippen LogP contribution is -2.42. The van der Waals surface area contributed by atoms with E-state index >= 15 is 0 Å². The van der Waals surface area contributed by atoms with Gasteiger partial charge in [0, 0.05) is 32.4 Å². The maximum absolute atomic E-state index is 12.1. The number of pyridine rings is 1. The van der Waals surface area contributed by atoms with Crippen molar-refractivity contribution in [2.45, 2.75) is 26.2 Å². The molecule has 0 saturated carbocycles. The molecule has 2 heterocycles. The summed E-state index contributed by atoms with van der Waals surface area (Å²) in [5, 5.41) is 6.98. The lowest BCUT2D eigenvalue weighted by Gasteiger charge is -2.21. The highest BCUT2D eigenvalue weighted by atomic mass is 35.5. The molecule has 5 nitrogen and oxygen atoms in total. The number of anilines is 1. The molecule has 0 aliphatic carbocycles. The first-order chi connectivity index (χ1) is 10.6. The number of nitrogens with zero attached hydrogens (tertiary/aromatic N) is 2. The van der Waals surface area contributed by atoms with Crippen LogP contribution in [0.1, 0.15) is 26.2 Å². The van der Waals surface area contributed by atoms with Crippen molar-refractivity contribution in [2.24, 2.45) is 5.92 Å². The number of amides is 2. The molecule has 1 fully saturated rings. The third-order valence-electron chi connectivity index (χ3n) is 3.81. The Hall–Kier alpha value is -1.20. The van der Waals surface area contributed by atoms with Crippen molar-refractivity contribution >= 4 is 35.1 Å². The number of hydrogen-bond donors (Lipinski definition) is 2.